The predicted octanol–water partition coefficient (Wildman–Crippen LogP) is 4.67. The van der Waals surface area contributed by atoms with Crippen molar-refractivity contribution in [3.8, 4) is 0 Å². The number of nitrogens with one attached hydrogen (secondary N) is 1. The summed E-state index contributed by atoms with van der Waals surface area (Å²) in [6.45, 7) is 7.65. The smallest absolute Gasteiger partial charge is 0.140 e. The Balaban J connectivity index is 2.01. The Hall–Kier alpha value is -0.770. The summed E-state index contributed by atoms with van der Waals surface area (Å²) in [5, 5.41) is 4.24. The molecule has 1 saturated carbocycles. The summed E-state index contributed by atoms with van der Waals surface area (Å²) < 4.78 is 0. The van der Waals surface area contributed by atoms with Crippen molar-refractivity contribution in [3.63, 3.8) is 0 Å². The standard InChI is InChI=1S/C17H29N3S/c1-4-9-18-16-11-14(10-13(2)3)19-17(20-16)12-21-15-7-5-6-8-15/h11,13,15H,4-10,12H2,1-3H3,(H,18,19,20). The molecule has 0 atom stereocenters. The lowest BCUT2D eigenvalue weighted by Crippen LogP contribution is -2.09. The van der Waals surface area contributed by atoms with Crippen LogP contribution >= 0.6 is 11.8 Å². The number of nitrogens with zero attached hydrogens (tertiary/aromatic N) is 2. The van der Waals surface area contributed by atoms with Gasteiger partial charge in [-0.05, 0) is 31.6 Å². The van der Waals surface area contributed by atoms with Gasteiger partial charge in [0.25, 0.3) is 0 Å². The Bertz CT molecular complexity index is 428. The van der Waals surface area contributed by atoms with Crippen molar-refractivity contribution in [1.82, 2.24) is 9.97 Å². The third-order valence-electron chi connectivity index (χ3n) is 3.75. The molecule has 1 N–H and O–H groups in total. The van der Waals surface area contributed by atoms with E-state index in [-0.39, 0.29) is 0 Å². The first kappa shape index (κ1) is 16.6. The van der Waals surface area contributed by atoms with Crippen LogP contribution in [0.5, 0.6) is 0 Å². The predicted molar refractivity (Wildman–Crippen MR) is 92.9 cm³/mol. The van der Waals surface area contributed by atoms with E-state index in [1.807, 2.05) is 11.8 Å². The summed E-state index contributed by atoms with van der Waals surface area (Å²) in [7, 11) is 0. The zero-order valence-electron chi connectivity index (χ0n) is 13.7. The molecular weight excluding hydrogens is 278 g/mol. The number of aromatic nitrogens is 2. The molecule has 1 aromatic heterocycles. The molecule has 1 aliphatic carbocycles. The molecule has 2 rings (SSSR count). The third kappa shape index (κ3) is 5.85. The van der Waals surface area contributed by atoms with Gasteiger partial charge in [-0.3, -0.25) is 0 Å². The van der Waals surface area contributed by atoms with Crippen LogP contribution in [0.1, 0.15) is 64.4 Å². The van der Waals surface area contributed by atoms with E-state index in [4.69, 9.17) is 9.97 Å². The molecule has 0 radical (unpaired) electrons. The summed E-state index contributed by atoms with van der Waals surface area (Å²) in [5.74, 6) is 3.60. The molecule has 21 heavy (non-hydrogen) atoms. The minimum Gasteiger partial charge on any atom is -0.370 e. The molecule has 0 bridgehead atoms. The molecule has 1 fully saturated rings. The van der Waals surface area contributed by atoms with Gasteiger partial charge in [0.15, 0.2) is 0 Å². The number of hydrogen-bond donors (Lipinski definition) is 1. The van der Waals surface area contributed by atoms with Gasteiger partial charge < -0.3 is 5.32 Å². The zero-order valence-corrected chi connectivity index (χ0v) is 14.5. The maximum absolute atomic E-state index is 4.77. The minimum atomic E-state index is 0.634. The maximum Gasteiger partial charge on any atom is 0.140 e. The van der Waals surface area contributed by atoms with E-state index in [1.54, 1.807) is 0 Å². The normalized spacial score (nSPS) is 15.8. The first-order valence-electron chi connectivity index (χ1n) is 8.39. The Labute approximate surface area is 133 Å². The number of rotatable bonds is 8. The minimum absolute atomic E-state index is 0.634. The summed E-state index contributed by atoms with van der Waals surface area (Å²) in [6.07, 6.45) is 7.69. The second kappa shape index (κ2) is 8.62. The largest absolute Gasteiger partial charge is 0.370 e. The van der Waals surface area contributed by atoms with Gasteiger partial charge in [-0.2, -0.15) is 11.8 Å². The Kier molecular flexibility index (Phi) is 6.81. The topological polar surface area (TPSA) is 37.8 Å². The van der Waals surface area contributed by atoms with Crippen molar-refractivity contribution >= 4 is 17.6 Å². The summed E-state index contributed by atoms with van der Waals surface area (Å²) in [5.41, 5.74) is 1.18. The quantitative estimate of drug-likeness (QED) is 0.757. The van der Waals surface area contributed by atoms with E-state index in [9.17, 15) is 0 Å². The van der Waals surface area contributed by atoms with Crippen molar-refractivity contribution in [2.24, 2.45) is 5.92 Å². The molecule has 118 valence electrons. The first-order valence-corrected chi connectivity index (χ1v) is 9.44. The molecule has 0 aliphatic heterocycles. The highest BCUT2D eigenvalue weighted by Crippen LogP contribution is 2.31. The second-order valence-electron chi connectivity index (χ2n) is 6.40. The highest BCUT2D eigenvalue weighted by atomic mass is 32.2. The van der Waals surface area contributed by atoms with Crippen LogP contribution in [-0.2, 0) is 12.2 Å². The fraction of sp³-hybridized carbons (Fsp3) is 0.765. The number of thioether (sulfide) groups is 1. The van der Waals surface area contributed by atoms with E-state index < -0.39 is 0 Å². The molecule has 1 heterocycles. The lowest BCUT2D eigenvalue weighted by atomic mass is 10.1. The number of hydrogen-bond acceptors (Lipinski definition) is 4. The maximum atomic E-state index is 4.77. The third-order valence-corrected chi connectivity index (χ3v) is 5.12. The van der Waals surface area contributed by atoms with Gasteiger partial charge in [-0.25, -0.2) is 9.97 Å². The van der Waals surface area contributed by atoms with Crippen molar-refractivity contribution in [1.29, 1.82) is 0 Å². The van der Waals surface area contributed by atoms with E-state index in [0.29, 0.717) is 5.92 Å². The van der Waals surface area contributed by atoms with Gasteiger partial charge in [0.1, 0.15) is 11.6 Å². The SMILES string of the molecule is CCCNc1cc(CC(C)C)nc(CSC2CCCC2)n1. The summed E-state index contributed by atoms with van der Waals surface area (Å²) in [4.78, 5) is 9.47. The summed E-state index contributed by atoms with van der Waals surface area (Å²) >= 11 is 2.04. The summed E-state index contributed by atoms with van der Waals surface area (Å²) in [6, 6.07) is 2.12. The monoisotopic (exact) mass is 307 g/mol. The molecule has 4 heteroatoms. The first-order chi connectivity index (χ1) is 10.2. The van der Waals surface area contributed by atoms with Crippen LogP contribution in [0, 0.1) is 5.92 Å². The molecule has 0 aromatic carbocycles. The molecule has 0 saturated heterocycles. The average Bonchev–Trinajstić information content (AvgIpc) is 2.95. The molecule has 0 unspecified atom stereocenters. The van der Waals surface area contributed by atoms with Gasteiger partial charge in [0.2, 0.25) is 0 Å². The molecule has 3 nitrogen and oxygen atoms in total. The van der Waals surface area contributed by atoms with Gasteiger partial charge in [-0.15, -0.1) is 0 Å². The van der Waals surface area contributed by atoms with Crippen LogP contribution in [0.25, 0.3) is 0 Å². The van der Waals surface area contributed by atoms with Crippen LogP contribution in [0.4, 0.5) is 5.82 Å². The van der Waals surface area contributed by atoms with Gasteiger partial charge in [-0.1, -0.05) is 33.6 Å². The van der Waals surface area contributed by atoms with Gasteiger partial charge >= 0.3 is 0 Å². The highest BCUT2D eigenvalue weighted by Gasteiger charge is 2.16. The fourth-order valence-electron chi connectivity index (χ4n) is 2.73. The van der Waals surface area contributed by atoms with Gasteiger partial charge in [0.05, 0.1) is 5.75 Å². The average molecular weight is 308 g/mol. The van der Waals surface area contributed by atoms with Crippen molar-refractivity contribution < 1.29 is 0 Å². The fourth-order valence-corrected chi connectivity index (χ4v) is 3.91. The Morgan fingerprint density at radius 3 is 2.71 bits per heavy atom. The van der Waals surface area contributed by atoms with Gasteiger partial charge in [0, 0.05) is 23.6 Å². The van der Waals surface area contributed by atoms with Crippen molar-refractivity contribution in [2.45, 2.75) is 70.3 Å². The lowest BCUT2D eigenvalue weighted by molar-refractivity contribution is 0.632. The Morgan fingerprint density at radius 2 is 2.05 bits per heavy atom. The zero-order chi connectivity index (χ0) is 15.1. The van der Waals surface area contributed by atoms with Crippen LogP contribution in [-0.4, -0.2) is 21.8 Å². The van der Waals surface area contributed by atoms with Crippen LogP contribution in [0.2, 0.25) is 0 Å². The Morgan fingerprint density at radius 1 is 1.29 bits per heavy atom. The number of anilines is 1. The highest BCUT2D eigenvalue weighted by molar-refractivity contribution is 7.99. The molecule has 0 amide bonds. The van der Waals surface area contributed by atoms with Crippen LogP contribution in [0.15, 0.2) is 6.07 Å². The molecule has 1 aromatic rings. The van der Waals surface area contributed by atoms with Crippen LogP contribution in [0.3, 0.4) is 0 Å². The van der Waals surface area contributed by atoms with Crippen molar-refractivity contribution in [2.75, 3.05) is 11.9 Å². The molecule has 0 spiro atoms. The van der Waals surface area contributed by atoms with E-state index in [1.165, 1.54) is 31.4 Å². The molecular formula is C17H29N3S. The second-order valence-corrected chi connectivity index (χ2v) is 7.69. The van der Waals surface area contributed by atoms with E-state index >= 15 is 0 Å². The lowest BCUT2D eigenvalue weighted by Gasteiger charge is -2.12. The van der Waals surface area contributed by atoms with Crippen molar-refractivity contribution in [3.05, 3.63) is 17.6 Å². The van der Waals surface area contributed by atoms with E-state index in [0.717, 1.165) is 42.0 Å². The van der Waals surface area contributed by atoms with E-state index in [2.05, 4.69) is 32.2 Å². The van der Waals surface area contributed by atoms with Crippen LogP contribution < -0.4 is 5.32 Å². The molecule has 1 aliphatic rings.